The van der Waals surface area contributed by atoms with Gasteiger partial charge in [-0.2, -0.15) is 0 Å². The Bertz CT molecular complexity index is 575. The van der Waals surface area contributed by atoms with E-state index >= 15 is 0 Å². The molecule has 0 spiro atoms. The molecule has 4 heteroatoms. The lowest BCUT2D eigenvalue weighted by molar-refractivity contribution is 0.0931. The Morgan fingerprint density at radius 2 is 1.73 bits per heavy atom. The molecule has 1 fully saturated rings. The quantitative estimate of drug-likeness (QED) is 0.419. The van der Waals surface area contributed by atoms with Gasteiger partial charge < -0.3 is 4.74 Å². The number of benzene rings is 1. The molecule has 0 radical (unpaired) electrons. The Labute approximate surface area is 134 Å². The smallest absolute Gasteiger partial charge is 0.356 e. The second-order valence-electron chi connectivity index (χ2n) is 6.36. The van der Waals surface area contributed by atoms with Gasteiger partial charge in [0.05, 0.1) is 6.61 Å². The van der Waals surface area contributed by atoms with Crippen LogP contribution in [-0.2, 0) is 9.30 Å². The van der Waals surface area contributed by atoms with Gasteiger partial charge in [0, 0.05) is 18.4 Å². The van der Waals surface area contributed by atoms with Crippen molar-refractivity contribution in [1.29, 1.82) is 0 Å². The first-order valence-electron chi connectivity index (χ1n) is 8.04. The van der Waals surface area contributed by atoms with E-state index in [1.54, 1.807) is 0 Å². The van der Waals surface area contributed by atoms with Crippen LogP contribution in [0.2, 0.25) is 0 Å². The van der Waals surface area contributed by atoms with Crippen LogP contribution in [0, 0.1) is 20.8 Å². The van der Waals surface area contributed by atoms with Crippen molar-refractivity contribution in [1.82, 2.24) is 0 Å². The van der Waals surface area contributed by atoms with Crippen LogP contribution in [0.1, 0.15) is 53.7 Å². The summed E-state index contributed by atoms with van der Waals surface area (Å²) in [6.45, 7) is 10.6. The molecule has 2 rings (SSSR count). The van der Waals surface area contributed by atoms with Crippen molar-refractivity contribution in [3.8, 4) is 0 Å². The van der Waals surface area contributed by atoms with Gasteiger partial charge in [-0.15, -0.1) is 0 Å². The van der Waals surface area contributed by atoms with Crippen LogP contribution in [0.3, 0.4) is 0 Å². The van der Waals surface area contributed by atoms with E-state index in [1.165, 1.54) is 0 Å². The largest absolute Gasteiger partial charge is 0.369 e. The molecule has 0 aliphatic carbocycles. The molecule has 2 atom stereocenters. The second kappa shape index (κ2) is 6.60. The number of aryl methyl sites for hydroxylation is 3. The highest BCUT2D eigenvalue weighted by Gasteiger charge is 2.55. The van der Waals surface area contributed by atoms with Crippen LogP contribution in [0.15, 0.2) is 12.1 Å². The minimum absolute atomic E-state index is 0.0502. The highest BCUT2D eigenvalue weighted by Crippen LogP contribution is 2.49. The monoisotopic (exact) mass is 321 g/mol. The summed E-state index contributed by atoms with van der Waals surface area (Å²) < 4.78 is 18.1. The van der Waals surface area contributed by atoms with Crippen LogP contribution in [0.25, 0.3) is 0 Å². The van der Waals surface area contributed by atoms with Crippen LogP contribution in [-0.4, -0.2) is 29.8 Å². The molecule has 1 aromatic rings. The zero-order valence-electron chi connectivity index (χ0n) is 14.2. The first-order chi connectivity index (χ1) is 10.4. The molecule has 1 aliphatic rings. The van der Waals surface area contributed by atoms with Crippen molar-refractivity contribution in [3.63, 3.8) is 0 Å². The standard InChI is InChI=1S/C18H26O3P/c1-6-18(7-2,22(20)11-15-10-21-15)17(19)16-13(4)8-12(3)9-14(16)5/h8-9,15H,6-7,10-11H2,1-5H3/q+1. The summed E-state index contributed by atoms with van der Waals surface area (Å²) in [5, 5.41) is -0.758. The van der Waals surface area contributed by atoms with Gasteiger partial charge in [-0.05, 0) is 31.9 Å². The van der Waals surface area contributed by atoms with Crippen molar-refractivity contribution >= 4 is 13.6 Å². The van der Waals surface area contributed by atoms with Crippen molar-refractivity contribution in [2.75, 3.05) is 12.8 Å². The molecule has 0 saturated carbocycles. The SMILES string of the molecule is CCC(CC)(C(=O)c1c(C)cc(C)cc1C)[P+](=O)CC1CO1. The molecule has 0 amide bonds. The predicted molar refractivity (Wildman–Crippen MR) is 90.5 cm³/mol. The Balaban J connectivity index is 2.43. The summed E-state index contributed by atoms with van der Waals surface area (Å²) in [7, 11) is -1.63. The zero-order chi connectivity index (χ0) is 16.5. The van der Waals surface area contributed by atoms with Crippen LogP contribution in [0.4, 0.5) is 0 Å². The lowest BCUT2D eigenvalue weighted by Crippen LogP contribution is -2.36. The lowest BCUT2D eigenvalue weighted by Gasteiger charge is -2.22. The highest BCUT2D eigenvalue weighted by atomic mass is 31.1. The fourth-order valence-electron chi connectivity index (χ4n) is 3.34. The Kier molecular flexibility index (Phi) is 5.19. The van der Waals surface area contributed by atoms with Crippen LogP contribution in [0.5, 0.6) is 0 Å². The summed E-state index contributed by atoms with van der Waals surface area (Å²) >= 11 is 0. The van der Waals surface area contributed by atoms with Gasteiger partial charge in [0.1, 0.15) is 6.10 Å². The Hall–Kier alpha value is -1.05. The minimum Gasteiger partial charge on any atom is -0.369 e. The van der Waals surface area contributed by atoms with Crippen molar-refractivity contribution < 1.29 is 14.1 Å². The molecule has 1 aromatic carbocycles. The van der Waals surface area contributed by atoms with E-state index in [2.05, 4.69) is 0 Å². The van der Waals surface area contributed by atoms with Crippen molar-refractivity contribution in [2.24, 2.45) is 0 Å². The molecule has 120 valence electrons. The van der Waals surface area contributed by atoms with Crippen LogP contribution >= 0.6 is 7.80 Å². The topological polar surface area (TPSA) is 46.7 Å². The van der Waals surface area contributed by atoms with E-state index in [-0.39, 0.29) is 11.9 Å². The average molecular weight is 321 g/mol. The summed E-state index contributed by atoms with van der Waals surface area (Å²) in [6, 6.07) is 4.07. The molecule has 1 aliphatic heterocycles. The highest BCUT2D eigenvalue weighted by molar-refractivity contribution is 7.48. The zero-order valence-corrected chi connectivity index (χ0v) is 15.1. The van der Waals surface area contributed by atoms with Crippen molar-refractivity contribution in [2.45, 2.75) is 58.7 Å². The molecule has 1 heterocycles. The fraction of sp³-hybridized carbons (Fsp3) is 0.611. The Morgan fingerprint density at radius 3 is 2.14 bits per heavy atom. The van der Waals surface area contributed by atoms with Crippen LogP contribution < -0.4 is 0 Å². The summed E-state index contributed by atoms with van der Waals surface area (Å²) in [4.78, 5) is 13.3. The van der Waals surface area contributed by atoms with Crippen molar-refractivity contribution in [3.05, 3.63) is 34.4 Å². The number of Topliss-reactive ketones (excluding diaryl/α,β-unsaturated/α-hetero) is 1. The van der Waals surface area contributed by atoms with Gasteiger partial charge >= 0.3 is 7.80 Å². The summed E-state index contributed by atoms with van der Waals surface area (Å²) in [6.07, 6.45) is 1.81. The lowest BCUT2D eigenvalue weighted by atomic mass is 9.86. The fourth-order valence-corrected chi connectivity index (χ4v) is 5.32. The summed E-state index contributed by atoms with van der Waals surface area (Å²) in [5.41, 5.74) is 3.88. The first kappa shape index (κ1) is 17.3. The number of ether oxygens (including phenoxy) is 1. The number of ketones is 1. The van der Waals surface area contributed by atoms with Gasteiger partial charge in [0.15, 0.2) is 6.16 Å². The van der Waals surface area contributed by atoms with E-state index in [0.717, 1.165) is 22.3 Å². The maximum atomic E-state index is 13.3. The van der Waals surface area contributed by atoms with Gasteiger partial charge in [0.25, 0.3) is 0 Å². The number of rotatable bonds is 7. The predicted octanol–water partition coefficient (Wildman–Crippen LogP) is 4.58. The molecule has 2 unspecified atom stereocenters. The number of epoxide rings is 1. The van der Waals surface area contributed by atoms with Gasteiger partial charge in [-0.25, -0.2) is 0 Å². The number of hydrogen-bond acceptors (Lipinski definition) is 3. The second-order valence-corrected chi connectivity index (χ2v) is 8.34. The van der Waals surface area contributed by atoms with E-state index in [9.17, 15) is 9.36 Å². The minimum atomic E-state index is -1.63. The third kappa shape index (κ3) is 3.16. The molecule has 22 heavy (non-hydrogen) atoms. The number of hydrogen-bond donors (Lipinski definition) is 0. The van der Waals surface area contributed by atoms with E-state index in [1.807, 2.05) is 46.8 Å². The van der Waals surface area contributed by atoms with Gasteiger partial charge in [0.2, 0.25) is 10.9 Å². The van der Waals surface area contributed by atoms with Gasteiger partial charge in [-0.1, -0.05) is 36.1 Å². The molecule has 0 aromatic heterocycles. The normalized spacial score (nSPS) is 18.2. The van der Waals surface area contributed by atoms with E-state index in [0.29, 0.717) is 25.6 Å². The first-order valence-corrected chi connectivity index (χ1v) is 9.49. The maximum absolute atomic E-state index is 13.3. The van der Waals surface area contributed by atoms with E-state index in [4.69, 9.17) is 4.74 Å². The number of carbonyl (C=O) groups is 1. The molecule has 1 saturated heterocycles. The van der Waals surface area contributed by atoms with Gasteiger partial charge in [-0.3, -0.25) is 4.79 Å². The molecule has 0 N–H and O–H groups in total. The molecular formula is C18H26O3P+. The number of carbonyl (C=O) groups excluding carboxylic acids is 1. The average Bonchev–Trinajstić information content (AvgIpc) is 3.23. The molecular weight excluding hydrogens is 295 g/mol. The Morgan fingerprint density at radius 1 is 1.23 bits per heavy atom. The maximum Gasteiger partial charge on any atom is 0.356 e. The summed E-state index contributed by atoms with van der Waals surface area (Å²) in [5.74, 6) is 0.0502. The third-order valence-corrected chi connectivity index (χ3v) is 7.28. The van der Waals surface area contributed by atoms with E-state index < -0.39 is 13.0 Å². The molecule has 0 bridgehead atoms. The molecule has 3 nitrogen and oxygen atoms in total. The third-order valence-electron chi connectivity index (χ3n) is 4.75.